The summed E-state index contributed by atoms with van der Waals surface area (Å²) in [7, 11) is 0. The van der Waals surface area contributed by atoms with Crippen molar-refractivity contribution in [2.24, 2.45) is 11.8 Å². The third-order valence-electron chi connectivity index (χ3n) is 3.86. The SMILES string of the molecule is CC1CN(CCC2COCCN2)CC1C. The molecular weight excluding hydrogens is 188 g/mol. The Hall–Kier alpha value is -0.120. The zero-order valence-corrected chi connectivity index (χ0v) is 10.0. The molecule has 0 amide bonds. The number of likely N-dealkylation sites (tertiary alicyclic amines) is 1. The van der Waals surface area contributed by atoms with Gasteiger partial charge in [-0.05, 0) is 24.8 Å². The lowest BCUT2D eigenvalue weighted by Crippen LogP contribution is -2.43. The van der Waals surface area contributed by atoms with Gasteiger partial charge < -0.3 is 15.0 Å². The van der Waals surface area contributed by atoms with E-state index in [1.165, 1.54) is 26.1 Å². The lowest BCUT2D eigenvalue weighted by atomic mass is 10.0. The molecule has 3 nitrogen and oxygen atoms in total. The fourth-order valence-electron chi connectivity index (χ4n) is 2.58. The molecule has 3 heteroatoms. The molecule has 3 unspecified atom stereocenters. The average molecular weight is 212 g/mol. The summed E-state index contributed by atoms with van der Waals surface area (Å²) < 4.78 is 5.46. The lowest BCUT2D eigenvalue weighted by Gasteiger charge is -2.26. The van der Waals surface area contributed by atoms with Crippen LogP contribution < -0.4 is 5.32 Å². The van der Waals surface area contributed by atoms with Gasteiger partial charge in [0, 0.05) is 25.7 Å². The zero-order chi connectivity index (χ0) is 10.7. The molecule has 3 atom stereocenters. The van der Waals surface area contributed by atoms with Crippen LogP contribution >= 0.6 is 0 Å². The Balaban J connectivity index is 1.65. The monoisotopic (exact) mass is 212 g/mol. The van der Waals surface area contributed by atoms with Crippen molar-refractivity contribution >= 4 is 0 Å². The molecule has 0 saturated carbocycles. The minimum atomic E-state index is 0.588. The predicted octanol–water partition coefficient (Wildman–Crippen LogP) is 0.953. The predicted molar refractivity (Wildman–Crippen MR) is 62.0 cm³/mol. The van der Waals surface area contributed by atoms with Gasteiger partial charge in [-0.2, -0.15) is 0 Å². The van der Waals surface area contributed by atoms with E-state index in [4.69, 9.17) is 4.74 Å². The zero-order valence-electron chi connectivity index (χ0n) is 10.0. The number of nitrogens with one attached hydrogen (secondary N) is 1. The summed E-state index contributed by atoms with van der Waals surface area (Å²) in [5.41, 5.74) is 0. The van der Waals surface area contributed by atoms with Crippen molar-refractivity contribution in [1.82, 2.24) is 10.2 Å². The number of morpholine rings is 1. The van der Waals surface area contributed by atoms with E-state index in [1.54, 1.807) is 0 Å². The van der Waals surface area contributed by atoms with Gasteiger partial charge in [-0.3, -0.25) is 0 Å². The first-order valence-electron chi connectivity index (χ1n) is 6.29. The molecule has 2 saturated heterocycles. The van der Waals surface area contributed by atoms with E-state index in [1.807, 2.05) is 0 Å². The summed E-state index contributed by atoms with van der Waals surface area (Å²) in [5.74, 6) is 1.75. The van der Waals surface area contributed by atoms with Crippen molar-refractivity contribution in [3.63, 3.8) is 0 Å². The van der Waals surface area contributed by atoms with Gasteiger partial charge in [-0.1, -0.05) is 13.8 Å². The molecule has 2 heterocycles. The van der Waals surface area contributed by atoms with E-state index in [9.17, 15) is 0 Å². The number of hydrogen-bond acceptors (Lipinski definition) is 3. The molecule has 2 aliphatic heterocycles. The summed E-state index contributed by atoms with van der Waals surface area (Å²) >= 11 is 0. The highest BCUT2D eigenvalue weighted by atomic mass is 16.5. The highest BCUT2D eigenvalue weighted by molar-refractivity contribution is 4.80. The van der Waals surface area contributed by atoms with Crippen molar-refractivity contribution in [2.75, 3.05) is 39.4 Å². The van der Waals surface area contributed by atoms with Gasteiger partial charge in [0.2, 0.25) is 0 Å². The molecule has 1 N–H and O–H groups in total. The second-order valence-electron chi connectivity index (χ2n) is 5.23. The van der Waals surface area contributed by atoms with Crippen LogP contribution in [0.5, 0.6) is 0 Å². The number of nitrogens with zero attached hydrogens (tertiary/aromatic N) is 1. The Morgan fingerprint density at radius 2 is 2.00 bits per heavy atom. The first-order chi connectivity index (χ1) is 7.25. The standard InChI is InChI=1S/C12H24N2O/c1-10-7-14(8-11(10)2)5-3-12-9-15-6-4-13-12/h10-13H,3-9H2,1-2H3. The van der Waals surface area contributed by atoms with Gasteiger partial charge in [0.25, 0.3) is 0 Å². The largest absolute Gasteiger partial charge is 0.379 e. The van der Waals surface area contributed by atoms with Crippen molar-refractivity contribution in [3.05, 3.63) is 0 Å². The highest BCUT2D eigenvalue weighted by Gasteiger charge is 2.26. The van der Waals surface area contributed by atoms with Crippen LogP contribution in [-0.4, -0.2) is 50.3 Å². The van der Waals surface area contributed by atoms with E-state index in [-0.39, 0.29) is 0 Å². The smallest absolute Gasteiger partial charge is 0.0620 e. The Labute approximate surface area is 93.2 Å². The summed E-state index contributed by atoms with van der Waals surface area (Å²) in [5, 5.41) is 3.51. The van der Waals surface area contributed by atoms with E-state index in [0.29, 0.717) is 6.04 Å². The Morgan fingerprint density at radius 1 is 1.27 bits per heavy atom. The van der Waals surface area contributed by atoms with Crippen LogP contribution in [0.25, 0.3) is 0 Å². The number of ether oxygens (including phenoxy) is 1. The molecule has 0 aromatic heterocycles. The van der Waals surface area contributed by atoms with Crippen LogP contribution in [0.1, 0.15) is 20.3 Å². The minimum Gasteiger partial charge on any atom is -0.379 e. The fourth-order valence-corrected chi connectivity index (χ4v) is 2.58. The molecule has 2 fully saturated rings. The van der Waals surface area contributed by atoms with Crippen LogP contribution in [-0.2, 0) is 4.74 Å². The maximum absolute atomic E-state index is 5.46. The van der Waals surface area contributed by atoms with Gasteiger partial charge in [0.15, 0.2) is 0 Å². The third-order valence-corrected chi connectivity index (χ3v) is 3.86. The highest BCUT2D eigenvalue weighted by Crippen LogP contribution is 2.22. The molecule has 0 spiro atoms. The minimum absolute atomic E-state index is 0.588. The van der Waals surface area contributed by atoms with Gasteiger partial charge in [0.1, 0.15) is 0 Å². The third kappa shape index (κ3) is 3.16. The van der Waals surface area contributed by atoms with E-state index in [2.05, 4.69) is 24.1 Å². The quantitative estimate of drug-likeness (QED) is 0.754. The molecule has 0 aromatic rings. The molecule has 0 radical (unpaired) electrons. The molecule has 15 heavy (non-hydrogen) atoms. The summed E-state index contributed by atoms with van der Waals surface area (Å²) in [6.45, 7) is 11.4. The number of rotatable bonds is 3. The molecule has 0 aliphatic carbocycles. The second-order valence-corrected chi connectivity index (χ2v) is 5.23. The molecule has 0 bridgehead atoms. The fraction of sp³-hybridized carbons (Fsp3) is 1.00. The first-order valence-corrected chi connectivity index (χ1v) is 6.29. The maximum Gasteiger partial charge on any atom is 0.0620 e. The van der Waals surface area contributed by atoms with E-state index in [0.717, 1.165) is 31.6 Å². The molecule has 2 rings (SSSR count). The Morgan fingerprint density at radius 3 is 2.60 bits per heavy atom. The Kier molecular flexibility index (Phi) is 4.00. The normalized spacial score (nSPS) is 38.4. The average Bonchev–Trinajstić information content (AvgIpc) is 2.57. The van der Waals surface area contributed by atoms with Crippen molar-refractivity contribution in [2.45, 2.75) is 26.3 Å². The van der Waals surface area contributed by atoms with Gasteiger partial charge in [0.05, 0.1) is 13.2 Å². The topological polar surface area (TPSA) is 24.5 Å². The van der Waals surface area contributed by atoms with Crippen LogP contribution in [0.3, 0.4) is 0 Å². The van der Waals surface area contributed by atoms with Crippen LogP contribution in [0.15, 0.2) is 0 Å². The Bertz CT molecular complexity index is 182. The van der Waals surface area contributed by atoms with Gasteiger partial charge in [-0.15, -0.1) is 0 Å². The van der Waals surface area contributed by atoms with Crippen LogP contribution in [0.2, 0.25) is 0 Å². The van der Waals surface area contributed by atoms with Crippen molar-refractivity contribution in [1.29, 1.82) is 0 Å². The van der Waals surface area contributed by atoms with Crippen LogP contribution in [0, 0.1) is 11.8 Å². The molecule has 88 valence electrons. The second kappa shape index (κ2) is 5.28. The van der Waals surface area contributed by atoms with Crippen molar-refractivity contribution < 1.29 is 4.74 Å². The summed E-state index contributed by atoms with van der Waals surface area (Å²) in [6.07, 6.45) is 1.24. The maximum atomic E-state index is 5.46. The van der Waals surface area contributed by atoms with E-state index >= 15 is 0 Å². The van der Waals surface area contributed by atoms with Gasteiger partial charge >= 0.3 is 0 Å². The molecule has 2 aliphatic rings. The van der Waals surface area contributed by atoms with Crippen LogP contribution in [0.4, 0.5) is 0 Å². The lowest BCUT2D eigenvalue weighted by molar-refractivity contribution is 0.0708. The first kappa shape index (κ1) is 11.4. The molecule has 0 aromatic carbocycles. The van der Waals surface area contributed by atoms with E-state index < -0.39 is 0 Å². The van der Waals surface area contributed by atoms with Gasteiger partial charge in [-0.25, -0.2) is 0 Å². The van der Waals surface area contributed by atoms with Crippen molar-refractivity contribution in [3.8, 4) is 0 Å². The molecular formula is C12H24N2O. The summed E-state index contributed by atoms with van der Waals surface area (Å²) in [4.78, 5) is 2.60. The number of hydrogen-bond donors (Lipinski definition) is 1. The summed E-state index contributed by atoms with van der Waals surface area (Å²) in [6, 6.07) is 0.588.